The Kier molecular flexibility index (Phi) is 4.39. The molecule has 0 saturated heterocycles. The van der Waals surface area contributed by atoms with Gasteiger partial charge in [-0.3, -0.25) is 0 Å². The minimum absolute atomic E-state index is 0.365. The van der Waals surface area contributed by atoms with Crippen LogP contribution in [0.25, 0.3) is 16.8 Å². The summed E-state index contributed by atoms with van der Waals surface area (Å²) in [6, 6.07) is 10.7. The van der Waals surface area contributed by atoms with E-state index in [0.717, 1.165) is 11.1 Å². The molecule has 7 heteroatoms. The fraction of sp³-hybridized carbons (Fsp3) is 0.0625. The Balaban J connectivity index is 2.18. The number of methoxy groups -OCH3 is 1. The van der Waals surface area contributed by atoms with Crippen LogP contribution in [0, 0.1) is 0 Å². The van der Waals surface area contributed by atoms with Gasteiger partial charge in [0, 0.05) is 16.1 Å². The number of para-hydroxylation sites is 1. The molecule has 0 atom stereocenters. The molecule has 0 aliphatic rings. The molecule has 0 saturated carbocycles. The minimum atomic E-state index is 0.365. The molecule has 0 fully saturated rings. The third-order valence-corrected chi connectivity index (χ3v) is 4.19. The zero-order valence-electron chi connectivity index (χ0n) is 12.1. The Labute approximate surface area is 148 Å². The van der Waals surface area contributed by atoms with Gasteiger partial charge >= 0.3 is 0 Å². The van der Waals surface area contributed by atoms with Crippen molar-refractivity contribution in [1.82, 2.24) is 9.78 Å². The van der Waals surface area contributed by atoms with Crippen LogP contribution in [0.3, 0.4) is 0 Å². The van der Waals surface area contributed by atoms with Crippen LogP contribution in [0.2, 0.25) is 15.1 Å². The summed E-state index contributed by atoms with van der Waals surface area (Å²) in [6.07, 6.45) is 1.65. The number of aromatic nitrogens is 2. The maximum absolute atomic E-state index is 6.26. The molecular weight excluding hydrogens is 357 g/mol. The molecule has 23 heavy (non-hydrogen) atoms. The summed E-state index contributed by atoms with van der Waals surface area (Å²) in [5.41, 5.74) is 8.30. The lowest BCUT2D eigenvalue weighted by Crippen LogP contribution is -2.04. The van der Waals surface area contributed by atoms with E-state index in [1.54, 1.807) is 25.4 Å². The standard InChI is InChI=1S/C16H12Cl3N3O/c1-23-14-5-3-2-4-10(14)11-8-21-22(16(11)20)15-12(18)6-9(17)7-13(15)19/h2-8H,20H2,1H3. The van der Waals surface area contributed by atoms with Crippen molar-refractivity contribution in [3.63, 3.8) is 0 Å². The van der Waals surface area contributed by atoms with E-state index in [-0.39, 0.29) is 0 Å². The predicted molar refractivity (Wildman–Crippen MR) is 95.0 cm³/mol. The number of halogens is 3. The molecule has 1 aromatic heterocycles. The Hall–Kier alpha value is -1.88. The lowest BCUT2D eigenvalue weighted by molar-refractivity contribution is 0.416. The van der Waals surface area contributed by atoms with Crippen LogP contribution >= 0.6 is 34.8 Å². The van der Waals surface area contributed by atoms with Gasteiger partial charge in [-0.25, -0.2) is 4.68 Å². The van der Waals surface area contributed by atoms with Crippen LogP contribution in [-0.2, 0) is 0 Å². The van der Waals surface area contributed by atoms with Gasteiger partial charge in [0.15, 0.2) is 0 Å². The topological polar surface area (TPSA) is 53.1 Å². The van der Waals surface area contributed by atoms with Gasteiger partial charge in [-0.1, -0.05) is 53.0 Å². The molecule has 1 heterocycles. The summed E-state index contributed by atoms with van der Waals surface area (Å²) in [5, 5.41) is 5.49. The monoisotopic (exact) mass is 367 g/mol. The Morgan fingerprint density at radius 3 is 2.35 bits per heavy atom. The number of hydrogen-bond donors (Lipinski definition) is 1. The number of nitrogens with zero attached hydrogens (tertiary/aromatic N) is 2. The van der Waals surface area contributed by atoms with Crippen molar-refractivity contribution in [2.24, 2.45) is 0 Å². The highest BCUT2D eigenvalue weighted by Gasteiger charge is 2.18. The highest BCUT2D eigenvalue weighted by atomic mass is 35.5. The fourth-order valence-electron chi connectivity index (χ4n) is 2.35. The van der Waals surface area contributed by atoms with Crippen molar-refractivity contribution in [2.45, 2.75) is 0 Å². The molecule has 0 bridgehead atoms. The second-order valence-electron chi connectivity index (χ2n) is 4.77. The maximum Gasteiger partial charge on any atom is 0.135 e. The molecule has 118 valence electrons. The van der Waals surface area contributed by atoms with E-state index >= 15 is 0 Å². The predicted octanol–water partition coefficient (Wildman–Crippen LogP) is 5.09. The molecule has 0 amide bonds. The Morgan fingerprint density at radius 1 is 1.04 bits per heavy atom. The van der Waals surface area contributed by atoms with Crippen molar-refractivity contribution in [3.05, 3.63) is 57.7 Å². The lowest BCUT2D eigenvalue weighted by atomic mass is 10.1. The third kappa shape index (κ3) is 2.85. The molecule has 0 spiro atoms. The number of nitrogen functional groups attached to an aromatic ring is 1. The van der Waals surface area contributed by atoms with Gasteiger partial charge in [-0.05, 0) is 18.2 Å². The molecule has 2 N–H and O–H groups in total. The summed E-state index contributed by atoms with van der Waals surface area (Å²) in [5.74, 6) is 1.10. The Bertz CT molecular complexity index is 854. The summed E-state index contributed by atoms with van der Waals surface area (Å²) < 4.78 is 6.86. The van der Waals surface area contributed by atoms with Crippen LogP contribution in [-0.4, -0.2) is 16.9 Å². The van der Waals surface area contributed by atoms with E-state index in [1.807, 2.05) is 24.3 Å². The zero-order valence-corrected chi connectivity index (χ0v) is 14.3. The van der Waals surface area contributed by atoms with Gasteiger partial charge in [-0.15, -0.1) is 0 Å². The van der Waals surface area contributed by atoms with Crippen LogP contribution in [0.4, 0.5) is 5.82 Å². The average molecular weight is 369 g/mol. The number of ether oxygens (including phenoxy) is 1. The van der Waals surface area contributed by atoms with Crippen LogP contribution < -0.4 is 10.5 Å². The molecule has 4 nitrogen and oxygen atoms in total. The summed E-state index contributed by atoms with van der Waals surface area (Å²) in [4.78, 5) is 0. The molecule has 3 rings (SSSR count). The largest absolute Gasteiger partial charge is 0.496 e. The maximum atomic E-state index is 6.26. The SMILES string of the molecule is COc1ccccc1-c1cnn(-c2c(Cl)cc(Cl)cc2Cl)c1N. The first-order valence-electron chi connectivity index (χ1n) is 6.64. The molecule has 2 aromatic carbocycles. The van der Waals surface area contributed by atoms with E-state index in [9.17, 15) is 0 Å². The number of nitrogens with two attached hydrogens (primary N) is 1. The van der Waals surface area contributed by atoms with Gasteiger partial charge in [-0.2, -0.15) is 5.10 Å². The van der Waals surface area contributed by atoms with Crippen LogP contribution in [0.15, 0.2) is 42.6 Å². The first-order valence-corrected chi connectivity index (χ1v) is 7.78. The zero-order chi connectivity index (χ0) is 16.6. The van der Waals surface area contributed by atoms with Crippen molar-refractivity contribution in [2.75, 3.05) is 12.8 Å². The first kappa shape index (κ1) is 16.0. The average Bonchev–Trinajstić information content (AvgIpc) is 2.88. The van der Waals surface area contributed by atoms with Crippen molar-refractivity contribution < 1.29 is 4.74 Å². The lowest BCUT2D eigenvalue weighted by Gasteiger charge is -2.11. The van der Waals surface area contributed by atoms with E-state index < -0.39 is 0 Å². The molecule has 0 unspecified atom stereocenters. The molecule has 0 radical (unpaired) electrons. The quantitative estimate of drug-likeness (QED) is 0.700. The second kappa shape index (κ2) is 6.32. The smallest absolute Gasteiger partial charge is 0.135 e. The minimum Gasteiger partial charge on any atom is -0.496 e. The normalized spacial score (nSPS) is 10.8. The van der Waals surface area contributed by atoms with Crippen molar-refractivity contribution >= 4 is 40.6 Å². The van der Waals surface area contributed by atoms with Crippen molar-refractivity contribution in [1.29, 1.82) is 0 Å². The highest BCUT2D eigenvalue weighted by molar-refractivity contribution is 6.40. The number of hydrogen-bond acceptors (Lipinski definition) is 3. The fourth-order valence-corrected chi connectivity index (χ4v) is 3.32. The van der Waals surface area contributed by atoms with Gasteiger partial charge < -0.3 is 10.5 Å². The molecule has 0 aliphatic heterocycles. The summed E-state index contributed by atoms with van der Waals surface area (Å²) >= 11 is 18.4. The van der Waals surface area contributed by atoms with E-state index in [1.165, 1.54) is 4.68 Å². The van der Waals surface area contributed by atoms with Gasteiger partial charge in [0.05, 0.1) is 23.4 Å². The van der Waals surface area contributed by atoms with E-state index in [0.29, 0.717) is 32.3 Å². The molecular formula is C16H12Cl3N3O. The number of rotatable bonds is 3. The third-order valence-electron chi connectivity index (χ3n) is 3.40. The first-order chi connectivity index (χ1) is 11.0. The highest BCUT2D eigenvalue weighted by Crippen LogP contribution is 2.38. The van der Waals surface area contributed by atoms with Crippen molar-refractivity contribution in [3.8, 4) is 22.6 Å². The number of anilines is 1. The molecule has 3 aromatic rings. The van der Waals surface area contributed by atoms with Gasteiger partial charge in [0.2, 0.25) is 0 Å². The summed E-state index contributed by atoms with van der Waals surface area (Å²) in [6.45, 7) is 0. The van der Waals surface area contributed by atoms with Crippen LogP contribution in [0.5, 0.6) is 5.75 Å². The van der Waals surface area contributed by atoms with E-state index in [2.05, 4.69) is 5.10 Å². The Morgan fingerprint density at radius 2 is 1.70 bits per heavy atom. The summed E-state index contributed by atoms with van der Waals surface area (Å²) in [7, 11) is 1.60. The van der Waals surface area contributed by atoms with Gasteiger partial charge in [0.25, 0.3) is 0 Å². The second-order valence-corrected chi connectivity index (χ2v) is 6.02. The number of benzene rings is 2. The van der Waals surface area contributed by atoms with Crippen LogP contribution in [0.1, 0.15) is 0 Å². The van der Waals surface area contributed by atoms with Gasteiger partial charge in [0.1, 0.15) is 17.3 Å². The molecule has 0 aliphatic carbocycles. The van der Waals surface area contributed by atoms with E-state index in [4.69, 9.17) is 45.3 Å².